The van der Waals surface area contributed by atoms with Gasteiger partial charge in [-0.2, -0.15) is 0 Å². The monoisotopic (exact) mass is 1760 g/mol. The Labute approximate surface area is 695 Å². The van der Waals surface area contributed by atoms with Gasteiger partial charge in [0, 0.05) is 85.6 Å². The summed E-state index contributed by atoms with van der Waals surface area (Å²) in [5.41, 5.74) is 37.6. The van der Waals surface area contributed by atoms with E-state index in [9.17, 15) is 0 Å². The number of nitrogens with zero attached hydrogens (tertiary/aromatic N) is 4. The van der Waals surface area contributed by atoms with Crippen molar-refractivity contribution in [3.63, 3.8) is 0 Å². The summed E-state index contributed by atoms with van der Waals surface area (Å²) in [4.78, 5) is 10.1. The Bertz CT molecular complexity index is 5800. The summed E-state index contributed by atoms with van der Waals surface area (Å²) in [7, 11) is 4.62. The normalized spacial score (nSPS) is 12.1. The van der Waals surface area contributed by atoms with Gasteiger partial charge in [0.2, 0.25) is 8.14 Å². The topological polar surface area (TPSA) is 33.2 Å². The van der Waals surface area contributed by atoms with Gasteiger partial charge in [-0.1, -0.05) is 327 Å². The maximum Gasteiger partial charge on any atom is 0.355 e. The minimum Gasteiger partial charge on any atom is -0.406 e. The largest absolute Gasteiger partial charge is 0.406 e. The SMILES string of the molecule is IB(I)I.[2H]OC[B].c1ccc(-c2cccc(-c3ccccc3)c2N2c3ccccc3B3c4ccccc4N4c5ccccc5B5c6ccccc6Cc6cc2c3c4c65)cc1.c1ccc(Cc2cc(N(c3ccccc3)c3ccccc3)cc(N(c3ccccc3)c3c(-c4ccccc4)cccc3-c3ccccc3)c2)cc1. The van der Waals surface area contributed by atoms with Crippen LogP contribution in [0, 0.1) is 0 Å². The van der Waals surface area contributed by atoms with Crippen LogP contribution in [0.15, 0.2) is 400 Å². The predicted molar refractivity (Wildman–Crippen MR) is 502 cm³/mol. The number of aliphatic hydroxyl groups is 1. The van der Waals surface area contributed by atoms with Crippen molar-refractivity contribution in [2.24, 2.45) is 0 Å². The summed E-state index contributed by atoms with van der Waals surface area (Å²) in [6.07, 6.45) is 1.71. The van der Waals surface area contributed by atoms with Crippen molar-refractivity contribution in [3.05, 3.63) is 423 Å². The van der Waals surface area contributed by atoms with Gasteiger partial charge in [0.25, 0.3) is 6.71 Å². The number of anilines is 12. The van der Waals surface area contributed by atoms with Crippen LogP contribution < -0.4 is 52.4 Å². The van der Waals surface area contributed by atoms with Gasteiger partial charge in [-0.3, -0.25) is 0 Å². The predicted octanol–water partition coefficient (Wildman–Crippen LogP) is 22.8. The molecule has 0 saturated carbocycles. The second-order valence-corrected chi connectivity index (χ2v) is 38.7. The molecule has 0 unspecified atom stereocenters. The van der Waals surface area contributed by atoms with Crippen molar-refractivity contribution in [1.82, 2.24) is 0 Å². The van der Waals surface area contributed by atoms with Gasteiger partial charge >= 0.3 is 0.282 Å². The van der Waals surface area contributed by atoms with Gasteiger partial charge in [-0.15, -0.1) is 67.1 Å². The fourth-order valence-corrected chi connectivity index (χ4v) is 17.0. The summed E-state index contributed by atoms with van der Waals surface area (Å²) in [5.74, 6) is 0. The molecule has 0 spiro atoms. The Morgan fingerprint density at radius 2 is 0.667 bits per heavy atom. The first-order valence-electron chi connectivity index (χ1n) is 38.0. The highest BCUT2D eigenvalue weighted by Crippen LogP contribution is 2.53. The van der Waals surface area contributed by atoms with Crippen LogP contribution >= 0.6 is 67.1 Å². The fraction of sp³-hybridized carbons (Fsp3) is 0.0303. The lowest BCUT2D eigenvalue weighted by Crippen LogP contribution is -2.68. The van der Waals surface area contributed by atoms with Crippen LogP contribution in [-0.4, -0.2) is 34.6 Å². The zero-order valence-corrected chi connectivity index (χ0v) is 67.3. The second-order valence-electron chi connectivity index (χ2n) is 27.8. The second kappa shape index (κ2) is 33.4. The average Bonchev–Trinajstić information content (AvgIpc) is 0.672. The molecule has 111 heavy (non-hydrogen) atoms. The van der Waals surface area contributed by atoms with Crippen molar-refractivity contribution < 1.29 is 5.11 Å². The van der Waals surface area contributed by atoms with Gasteiger partial charge in [0.1, 0.15) is 7.85 Å². The van der Waals surface area contributed by atoms with Crippen LogP contribution in [0.1, 0.15) is 22.3 Å². The first-order valence-corrected chi connectivity index (χ1v) is 41.3. The van der Waals surface area contributed by atoms with E-state index in [0.717, 1.165) is 47.2 Å². The minimum atomic E-state index is -0.0139. The van der Waals surface area contributed by atoms with Gasteiger partial charge in [0.15, 0.2) is 0 Å². The molecule has 4 aliphatic heterocycles. The van der Waals surface area contributed by atoms with Crippen LogP contribution in [0.2, 0.25) is 0 Å². The highest BCUT2D eigenvalue weighted by atomic mass is 127. The van der Waals surface area contributed by atoms with E-state index >= 15 is 0 Å². The van der Waals surface area contributed by atoms with E-state index in [4.69, 9.17) is 1.43 Å². The van der Waals surface area contributed by atoms with Crippen LogP contribution in [0.4, 0.5) is 68.2 Å². The van der Waals surface area contributed by atoms with Gasteiger partial charge in [0.05, 0.1) is 11.4 Å². The molecule has 2 radical (unpaired) electrons. The first kappa shape index (κ1) is 71.7. The quantitative estimate of drug-likeness (QED) is 0.0867. The lowest BCUT2D eigenvalue weighted by molar-refractivity contribution is 0.369. The van der Waals surface area contributed by atoms with Gasteiger partial charge in [-0.05, 0) is 164 Å². The number of hydrogen-bond acceptors (Lipinski definition) is 5. The summed E-state index contributed by atoms with van der Waals surface area (Å²) >= 11 is 6.95. The Kier molecular flexibility index (Phi) is 21.6. The molecule has 0 aliphatic carbocycles. The van der Waals surface area contributed by atoms with E-state index in [1.165, 1.54) is 134 Å². The zero-order valence-electron chi connectivity index (χ0n) is 61.9. The van der Waals surface area contributed by atoms with Crippen LogP contribution in [0.5, 0.6) is 0 Å². The highest BCUT2D eigenvalue weighted by molar-refractivity contribution is 14.4. The van der Waals surface area contributed by atoms with Crippen molar-refractivity contribution >= 4 is 190 Å². The number of para-hydroxylation sites is 8. The third-order valence-corrected chi connectivity index (χ3v) is 21.3. The Balaban J connectivity index is 0.000000149. The molecule has 5 nitrogen and oxygen atoms in total. The molecule has 528 valence electrons. The standard InChI is InChI=1S/C49H32B2N2.C49H38N2.CH3BO.BI3/c1-3-16-32(17-4-1)36-21-15-22-37(33-18-5-2-6-19-33)48(36)53-44-29-14-11-26-41(44)51-40-25-10-13-28-43(40)52-42-27-12-9-24-39(42)50-38-23-8-7-20-34(38)30-35-31-45(53)47(51)49(52)46(35)50;1-7-20-38(21-8-1)34-39-35-45(50(42-26-13-4-14-27-42)43-28-15-5-16-29-43)37-46(36-39)51(44-30-17-6-18-31-44)49-47(40-22-9-2-10-23-40)32-19-33-48(49)41-24-11-3-12-25-41;2-1-3;2-1(3)4/h1-29,31H,30H2;1-33,35-37H,34H2;3H,1H2;/i;;3D;. The van der Waals surface area contributed by atoms with Crippen molar-refractivity contribution in [1.29, 1.82) is 1.43 Å². The molecular formula is C99H73B4I3N4O. The van der Waals surface area contributed by atoms with Crippen molar-refractivity contribution in [2.75, 3.05) is 26.1 Å². The number of aliphatic hydroxyl groups excluding tert-OH is 1. The smallest absolute Gasteiger partial charge is 0.355 e. The summed E-state index contributed by atoms with van der Waals surface area (Å²) in [5, 5.41) is 3.57. The molecule has 0 atom stereocenters. The molecule has 16 aromatic rings. The molecule has 20 rings (SSSR count). The average molecular weight is 1760 g/mol. The van der Waals surface area contributed by atoms with Gasteiger partial charge in [-0.25, -0.2) is 0 Å². The molecule has 0 fully saturated rings. The number of hydrogen-bond donors (Lipinski definition) is 1. The van der Waals surface area contributed by atoms with Gasteiger partial charge < -0.3 is 24.7 Å². The summed E-state index contributed by atoms with van der Waals surface area (Å²) < 4.78 is 6.57. The fourth-order valence-electron chi connectivity index (χ4n) is 17.0. The lowest BCUT2D eigenvalue weighted by atomic mass is 9.28. The maximum absolute atomic E-state index is 5.83. The van der Waals surface area contributed by atoms with Crippen molar-refractivity contribution in [2.45, 2.75) is 12.8 Å². The van der Waals surface area contributed by atoms with E-state index in [2.05, 4.69) is 500 Å². The van der Waals surface area contributed by atoms with E-state index in [1.54, 1.807) is 0 Å². The molecule has 1 N–H and O–H groups in total. The number of rotatable bonds is 14. The molecular weight excluding hydrogens is 1690 g/mol. The van der Waals surface area contributed by atoms with E-state index in [-0.39, 0.29) is 19.9 Å². The first-order chi connectivity index (χ1) is 55.3. The van der Waals surface area contributed by atoms with Crippen LogP contribution in [0.3, 0.4) is 0 Å². The molecule has 16 aromatic carbocycles. The number of fused-ring (bicyclic) bond motifs is 10. The van der Waals surface area contributed by atoms with Crippen molar-refractivity contribution in [3.8, 4) is 44.5 Å². The zero-order chi connectivity index (χ0) is 75.9. The van der Waals surface area contributed by atoms with Crippen LogP contribution in [-0.2, 0) is 12.8 Å². The molecule has 4 heterocycles. The Morgan fingerprint density at radius 1 is 0.324 bits per heavy atom. The Morgan fingerprint density at radius 3 is 1.11 bits per heavy atom. The molecule has 0 bridgehead atoms. The molecule has 0 aromatic heterocycles. The number of halogens is 3. The Hall–Kier alpha value is -10.9. The van der Waals surface area contributed by atoms with Crippen LogP contribution in [0.25, 0.3) is 44.5 Å². The third kappa shape index (κ3) is 14.6. The molecule has 0 saturated heterocycles. The lowest BCUT2D eigenvalue weighted by Gasteiger charge is -2.50. The minimum absolute atomic E-state index is 0.0139. The highest BCUT2D eigenvalue weighted by Gasteiger charge is 2.50. The van der Waals surface area contributed by atoms with E-state index in [1.807, 2.05) is 0 Å². The van der Waals surface area contributed by atoms with E-state index < -0.39 is 0 Å². The molecule has 12 heteroatoms. The number of benzene rings is 16. The molecule has 4 aliphatic rings. The summed E-state index contributed by atoms with van der Waals surface area (Å²) in [6, 6.07) is 146. The summed E-state index contributed by atoms with van der Waals surface area (Å²) in [6.45, 7) is 0.257. The maximum atomic E-state index is 5.83. The third-order valence-electron chi connectivity index (χ3n) is 21.3. The molecule has 0 amide bonds. The van der Waals surface area contributed by atoms with E-state index in [0.29, 0.717) is 0 Å².